The van der Waals surface area contributed by atoms with E-state index in [1.54, 1.807) is 0 Å². The molecule has 2 fully saturated rings. The van der Waals surface area contributed by atoms with Crippen molar-refractivity contribution in [2.45, 2.75) is 31.8 Å². The highest BCUT2D eigenvalue weighted by molar-refractivity contribution is 7.89. The molecule has 0 amide bonds. The Morgan fingerprint density at radius 2 is 2.21 bits per heavy atom. The quantitative estimate of drug-likeness (QED) is 0.327. The van der Waals surface area contributed by atoms with Crippen LogP contribution >= 0.6 is 0 Å². The van der Waals surface area contributed by atoms with E-state index in [-0.39, 0.29) is 23.6 Å². The van der Waals surface area contributed by atoms with Crippen molar-refractivity contribution in [3.05, 3.63) is 0 Å². The molecule has 0 aliphatic carbocycles. The largest absolute Gasteiger partial charge is 0.409 e. The van der Waals surface area contributed by atoms with Crippen LogP contribution in [0.15, 0.2) is 5.16 Å². The van der Waals surface area contributed by atoms with E-state index in [2.05, 4.69) is 5.16 Å². The van der Waals surface area contributed by atoms with Crippen LogP contribution in [0.2, 0.25) is 0 Å². The van der Waals surface area contributed by atoms with Crippen LogP contribution in [0.1, 0.15) is 25.7 Å². The Hall–Kier alpha value is -0.860. The summed E-state index contributed by atoms with van der Waals surface area (Å²) in [6, 6.07) is 0. The molecule has 2 atom stereocenters. The zero-order valence-electron chi connectivity index (χ0n) is 10.9. The number of hydrogen-bond donors (Lipinski definition) is 2. The lowest BCUT2D eigenvalue weighted by atomic mass is 9.99. The van der Waals surface area contributed by atoms with Gasteiger partial charge in [-0.2, -0.15) is 0 Å². The number of rotatable bonds is 4. The molecule has 0 saturated carbocycles. The molecule has 0 spiro atoms. The summed E-state index contributed by atoms with van der Waals surface area (Å²) in [5.41, 5.74) is 5.57. The Balaban J connectivity index is 1.99. The van der Waals surface area contributed by atoms with Crippen molar-refractivity contribution in [1.29, 1.82) is 0 Å². The first-order valence-corrected chi connectivity index (χ1v) is 8.20. The Kier molecular flexibility index (Phi) is 4.64. The second-order valence-corrected chi connectivity index (χ2v) is 7.15. The minimum absolute atomic E-state index is 0.0376. The van der Waals surface area contributed by atoms with E-state index in [9.17, 15) is 8.42 Å². The van der Waals surface area contributed by atoms with Crippen LogP contribution in [0, 0.1) is 5.92 Å². The number of ether oxygens (including phenoxy) is 1. The summed E-state index contributed by atoms with van der Waals surface area (Å²) in [5.74, 6) is -0.0503. The molecule has 110 valence electrons. The number of sulfonamides is 1. The first-order valence-electron chi connectivity index (χ1n) is 6.60. The van der Waals surface area contributed by atoms with Crippen LogP contribution in [-0.4, -0.2) is 55.3 Å². The highest BCUT2D eigenvalue weighted by Gasteiger charge is 2.33. The summed E-state index contributed by atoms with van der Waals surface area (Å²) >= 11 is 0. The maximum atomic E-state index is 12.3. The smallest absolute Gasteiger partial charge is 0.216 e. The van der Waals surface area contributed by atoms with Gasteiger partial charge >= 0.3 is 0 Å². The number of hydrogen-bond acceptors (Lipinski definition) is 5. The summed E-state index contributed by atoms with van der Waals surface area (Å²) in [6.45, 7) is 1.45. The van der Waals surface area contributed by atoms with Gasteiger partial charge in [-0.25, -0.2) is 12.7 Å². The molecular weight excluding hydrogens is 270 g/mol. The van der Waals surface area contributed by atoms with Crippen molar-refractivity contribution < 1.29 is 18.4 Å². The summed E-state index contributed by atoms with van der Waals surface area (Å²) in [4.78, 5) is 0. The molecule has 2 saturated heterocycles. The maximum Gasteiger partial charge on any atom is 0.216 e. The first kappa shape index (κ1) is 14.5. The van der Waals surface area contributed by atoms with Crippen molar-refractivity contribution in [3.63, 3.8) is 0 Å². The van der Waals surface area contributed by atoms with E-state index in [4.69, 9.17) is 15.7 Å². The van der Waals surface area contributed by atoms with E-state index >= 15 is 0 Å². The first-order chi connectivity index (χ1) is 9.03. The average molecular weight is 291 g/mol. The van der Waals surface area contributed by atoms with Crippen molar-refractivity contribution in [3.8, 4) is 0 Å². The van der Waals surface area contributed by atoms with E-state index < -0.39 is 10.0 Å². The number of oxime groups is 1. The minimum Gasteiger partial charge on any atom is -0.409 e. The standard InChI is InChI=1S/C11H21N3O4S/c12-11(13-15)9-3-1-5-14(7-9)19(16,17)8-10-4-2-6-18-10/h9-10,15H,1-8H2,(H2,12,13). The number of piperidine rings is 1. The Labute approximate surface area is 113 Å². The Morgan fingerprint density at radius 3 is 2.84 bits per heavy atom. The minimum atomic E-state index is -3.33. The van der Waals surface area contributed by atoms with E-state index in [0.29, 0.717) is 19.7 Å². The summed E-state index contributed by atoms with van der Waals surface area (Å²) in [7, 11) is -3.33. The van der Waals surface area contributed by atoms with Gasteiger partial charge in [-0.05, 0) is 25.7 Å². The molecule has 0 radical (unpaired) electrons. The molecule has 2 aliphatic heterocycles. The molecule has 8 heteroatoms. The maximum absolute atomic E-state index is 12.3. The van der Waals surface area contributed by atoms with Gasteiger partial charge in [0, 0.05) is 25.6 Å². The molecule has 2 rings (SSSR count). The van der Waals surface area contributed by atoms with E-state index in [1.807, 2.05) is 0 Å². The Morgan fingerprint density at radius 1 is 1.42 bits per heavy atom. The molecule has 0 aromatic heterocycles. The lowest BCUT2D eigenvalue weighted by Gasteiger charge is -2.31. The van der Waals surface area contributed by atoms with Crippen molar-refractivity contribution in [2.75, 3.05) is 25.4 Å². The Bertz CT molecular complexity index is 431. The molecule has 2 aliphatic rings. The lowest BCUT2D eigenvalue weighted by Crippen LogP contribution is -2.46. The van der Waals surface area contributed by atoms with Crippen molar-refractivity contribution in [2.24, 2.45) is 16.8 Å². The van der Waals surface area contributed by atoms with Crippen LogP contribution in [0.5, 0.6) is 0 Å². The fourth-order valence-corrected chi connectivity index (χ4v) is 4.39. The van der Waals surface area contributed by atoms with Crippen LogP contribution < -0.4 is 5.73 Å². The van der Waals surface area contributed by atoms with Gasteiger partial charge in [0.25, 0.3) is 0 Å². The van der Waals surface area contributed by atoms with Gasteiger partial charge in [0.1, 0.15) is 5.84 Å². The third-order valence-electron chi connectivity index (χ3n) is 3.73. The zero-order chi connectivity index (χ0) is 13.9. The van der Waals surface area contributed by atoms with Crippen LogP contribution in [-0.2, 0) is 14.8 Å². The highest BCUT2D eigenvalue weighted by atomic mass is 32.2. The number of amidine groups is 1. The summed E-state index contributed by atoms with van der Waals surface area (Å²) in [6.07, 6.45) is 3.02. The van der Waals surface area contributed by atoms with Crippen molar-refractivity contribution >= 4 is 15.9 Å². The van der Waals surface area contributed by atoms with Gasteiger partial charge in [0.05, 0.1) is 11.9 Å². The molecule has 0 aromatic carbocycles. The summed E-state index contributed by atoms with van der Waals surface area (Å²) in [5, 5.41) is 11.7. The van der Waals surface area contributed by atoms with Gasteiger partial charge in [0.15, 0.2) is 0 Å². The van der Waals surface area contributed by atoms with Gasteiger partial charge < -0.3 is 15.7 Å². The second-order valence-electron chi connectivity index (χ2n) is 5.14. The normalized spacial score (nSPS) is 30.6. The van der Waals surface area contributed by atoms with E-state index in [0.717, 1.165) is 25.7 Å². The van der Waals surface area contributed by atoms with Crippen LogP contribution in [0.3, 0.4) is 0 Å². The average Bonchev–Trinajstić information content (AvgIpc) is 2.90. The number of nitrogens with two attached hydrogens (primary N) is 1. The molecule has 19 heavy (non-hydrogen) atoms. The molecule has 2 unspecified atom stereocenters. The fourth-order valence-electron chi connectivity index (χ4n) is 2.63. The molecule has 0 aromatic rings. The molecule has 2 heterocycles. The monoisotopic (exact) mass is 291 g/mol. The zero-order valence-corrected chi connectivity index (χ0v) is 11.7. The molecule has 0 bridgehead atoms. The third-order valence-corrected chi connectivity index (χ3v) is 5.64. The topological polar surface area (TPSA) is 105 Å². The predicted octanol–water partition coefficient (Wildman–Crippen LogP) is -0.0464. The van der Waals surface area contributed by atoms with Gasteiger partial charge in [-0.1, -0.05) is 5.16 Å². The highest BCUT2D eigenvalue weighted by Crippen LogP contribution is 2.22. The van der Waals surface area contributed by atoms with E-state index in [1.165, 1.54) is 4.31 Å². The molecular formula is C11H21N3O4S. The lowest BCUT2D eigenvalue weighted by molar-refractivity contribution is 0.126. The number of nitrogens with zero attached hydrogens (tertiary/aromatic N) is 2. The fraction of sp³-hybridized carbons (Fsp3) is 0.909. The van der Waals surface area contributed by atoms with Gasteiger partial charge in [-0.15, -0.1) is 0 Å². The second kappa shape index (κ2) is 6.06. The predicted molar refractivity (Wildman–Crippen MR) is 70.5 cm³/mol. The van der Waals surface area contributed by atoms with Crippen LogP contribution in [0.25, 0.3) is 0 Å². The van der Waals surface area contributed by atoms with Gasteiger partial charge in [-0.3, -0.25) is 0 Å². The van der Waals surface area contributed by atoms with Gasteiger partial charge in [0.2, 0.25) is 10.0 Å². The van der Waals surface area contributed by atoms with Crippen molar-refractivity contribution in [1.82, 2.24) is 4.31 Å². The molecule has 7 nitrogen and oxygen atoms in total. The molecule has 3 N–H and O–H groups in total. The third kappa shape index (κ3) is 3.58. The van der Waals surface area contributed by atoms with Crippen LogP contribution in [0.4, 0.5) is 0 Å². The SMILES string of the molecule is NC(=NO)C1CCCN(S(=O)(=O)CC2CCCO2)C1. The summed E-state index contributed by atoms with van der Waals surface area (Å²) < 4.78 is 31.4.